The Morgan fingerprint density at radius 1 is 1.47 bits per heavy atom. The predicted molar refractivity (Wildman–Crippen MR) is 76.9 cm³/mol. The fraction of sp³-hybridized carbons (Fsp3) is 0.615. The Balaban J connectivity index is 1.51. The molecule has 92 valence electrons. The van der Waals surface area contributed by atoms with Crippen LogP contribution >= 0.6 is 23.1 Å². The SMILES string of the molecule is CCc1ccsc1CNC1=NCC(C2CC2)S1. The molecule has 0 spiro atoms. The Kier molecular flexibility index (Phi) is 3.43. The topological polar surface area (TPSA) is 24.4 Å². The molecule has 1 aliphatic carbocycles. The Bertz CT molecular complexity index is 421. The molecule has 2 heterocycles. The van der Waals surface area contributed by atoms with Crippen molar-refractivity contribution in [2.75, 3.05) is 6.54 Å². The van der Waals surface area contributed by atoms with E-state index >= 15 is 0 Å². The number of thiophene rings is 1. The molecule has 1 N–H and O–H groups in total. The summed E-state index contributed by atoms with van der Waals surface area (Å²) >= 11 is 3.81. The molecule has 4 heteroatoms. The van der Waals surface area contributed by atoms with Gasteiger partial charge in [0.05, 0.1) is 13.1 Å². The van der Waals surface area contributed by atoms with Crippen molar-refractivity contribution >= 4 is 28.3 Å². The molecule has 1 aromatic heterocycles. The Morgan fingerprint density at radius 2 is 2.35 bits per heavy atom. The number of aryl methyl sites for hydroxylation is 1. The van der Waals surface area contributed by atoms with E-state index in [2.05, 4.69) is 28.7 Å². The summed E-state index contributed by atoms with van der Waals surface area (Å²) in [5.74, 6) is 0.955. The molecule has 1 unspecified atom stereocenters. The fourth-order valence-electron chi connectivity index (χ4n) is 2.19. The fourth-order valence-corrected chi connectivity index (χ4v) is 4.32. The summed E-state index contributed by atoms with van der Waals surface area (Å²) in [7, 11) is 0. The molecular weight excluding hydrogens is 248 g/mol. The van der Waals surface area contributed by atoms with E-state index in [9.17, 15) is 0 Å². The van der Waals surface area contributed by atoms with E-state index in [-0.39, 0.29) is 0 Å². The minimum atomic E-state index is 0.770. The lowest BCUT2D eigenvalue weighted by Crippen LogP contribution is -2.19. The molecule has 17 heavy (non-hydrogen) atoms. The molecule has 2 nitrogen and oxygen atoms in total. The monoisotopic (exact) mass is 266 g/mol. The first-order valence-electron chi connectivity index (χ1n) is 6.37. The van der Waals surface area contributed by atoms with Crippen LogP contribution < -0.4 is 5.32 Å². The van der Waals surface area contributed by atoms with Crippen molar-refractivity contribution in [2.24, 2.45) is 10.9 Å². The second-order valence-electron chi connectivity index (χ2n) is 4.72. The van der Waals surface area contributed by atoms with Gasteiger partial charge in [0.25, 0.3) is 0 Å². The molecular formula is C13H18N2S2. The van der Waals surface area contributed by atoms with Gasteiger partial charge in [0.2, 0.25) is 0 Å². The van der Waals surface area contributed by atoms with Gasteiger partial charge in [-0.2, -0.15) is 0 Å². The summed E-state index contributed by atoms with van der Waals surface area (Å²) in [6.45, 7) is 4.20. The van der Waals surface area contributed by atoms with Crippen LogP contribution in [-0.2, 0) is 13.0 Å². The molecule has 3 rings (SSSR count). The molecule has 0 bridgehead atoms. The van der Waals surface area contributed by atoms with Gasteiger partial charge < -0.3 is 5.32 Å². The molecule has 1 aromatic rings. The maximum atomic E-state index is 4.61. The van der Waals surface area contributed by atoms with Gasteiger partial charge in [-0.15, -0.1) is 11.3 Å². The highest BCUT2D eigenvalue weighted by atomic mass is 32.2. The third kappa shape index (κ3) is 2.68. The number of hydrogen-bond acceptors (Lipinski definition) is 4. The average Bonchev–Trinajstić information content (AvgIpc) is 2.93. The van der Waals surface area contributed by atoms with Crippen molar-refractivity contribution in [3.8, 4) is 0 Å². The second kappa shape index (κ2) is 5.02. The smallest absolute Gasteiger partial charge is 0.157 e. The maximum absolute atomic E-state index is 4.61. The Labute approximate surface area is 111 Å². The van der Waals surface area contributed by atoms with Gasteiger partial charge in [0.15, 0.2) is 5.17 Å². The number of nitrogens with zero attached hydrogens (tertiary/aromatic N) is 1. The molecule has 0 aromatic carbocycles. The number of rotatable bonds is 4. The second-order valence-corrected chi connectivity index (χ2v) is 6.94. The van der Waals surface area contributed by atoms with Crippen LogP contribution in [0.2, 0.25) is 0 Å². The molecule has 0 amide bonds. The molecule has 2 aliphatic rings. The third-order valence-electron chi connectivity index (χ3n) is 3.44. The first kappa shape index (κ1) is 11.6. The highest BCUT2D eigenvalue weighted by Gasteiger charge is 2.35. The minimum absolute atomic E-state index is 0.770. The normalized spacial score (nSPS) is 23.8. The lowest BCUT2D eigenvalue weighted by atomic mass is 10.2. The van der Waals surface area contributed by atoms with E-state index in [0.717, 1.165) is 35.8 Å². The molecule has 0 radical (unpaired) electrons. The van der Waals surface area contributed by atoms with Crippen LogP contribution in [-0.4, -0.2) is 17.0 Å². The standard InChI is InChI=1S/C13H18N2S2/c1-2-9-5-6-16-11(9)7-14-13-15-8-12(17-13)10-3-4-10/h5-6,10,12H,2-4,7-8H2,1H3,(H,14,15). The Hall–Kier alpha value is -0.480. The van der Waals surface area contributed by atoms with Gasteiger partial charge in [-0.25, -0.2) is 0 Å². The van der Waals surface area contributed by atoms with Crippen LogP contribution in [0.1, 0.15) is 30.2 Å². The van der Waals surface area contributed by atoms with Crippen LogP contribution in [0.25, 0.3) is 0 Å². The summed E-state index contributed by atoms with van der Waals surface area (Å²) in [6.07, 6.45) is 3.97. The van der Waals surface area contributed by atoms with Gasteiger partial charge in [0, 0.05) is 10.1 Å². The largest absolute Gasteiger partial charge is 0.360 e. The van der Waals surface area contributed by atoms with Gasteiger partial charge in [0.1, 0.15) is 0 Å². The predicted octanol–water partition coefficient (Wildman–Crippen LogP) is 3.28. The lowest BCUT2D eigenvalue weighted by molar-refractivity contribution is 0.772. The molecule has 1 aliphatic heterocycles. The molecule has 0 saturated heterocycles. The summed E-state index contributed by atoms with van der Waals surface area (Å²) in [5, 5.41) is 7.62. The van der Waals surface area contributed by atoms with Crippen molar-refractivity contribution in [1.29, 1.82) is 0 Å². The summed E-state index contributed by atoms with van der Waals surface area (Å²) in [4.78, 5) is 6.07. The van der Waals surface area contributed by atoms with Gasteiger partial charge in [-0.1, -0.05) is 18.7 Å². The summed E-state index contributed by atoms with van der Waals surface area (Å²) < 4.78 is 0. The van der Waals surface area contributed by atoms with Crippen molar-refractivity contribution in [2.45, 2.75) is 38.0 Å². The number of thioether (sulfide) groups is 1. The minimum Gasteiger partial charge on any atom is -0.360 e. The van der Waals surface area contributed by atoms with Crippen LogP contribution in [0.3, 0.4) is 0 Å². The first-order chi connectivity index (χ1) is 8.36. The zero-order valence-corrected chi connectivity index (χ0v) is 11.7. The van der Waals surface area contributed by atoms with Crippen LogP contribution in [0.4, 0.5) is 0 Å². The van der Waals surface area contributed by atoms with E-state index in [4.69, 9.17) is 0 Å². The third-order valence-corrected chi connectivity index (χ3v) is 5.74. The van der Waals surface area contributed by atoms with Gasteiger partial charge in [-0.3, -0.25) is 4.99 Å². The number of amidine groups is 1. The highest BCUT2D eigenvalue weighted by Crippen LogP contribution is 2.41. The van der Waals surface area contributed by atoms with E-state index in [1.165, 1.54) is 23.3 Å². The number of nitrogens with one attached hydrogen (secondary N) is 1. The first-order valence-corrected chi connectivity index (χ1v) is 8.13. The lowest BCUT2D eigenvalue weighted by Gasteiger charge is -2.07. The van der Waals surface area contributed by atoms with E-state index in [1.807, 2.05) is 23.1 Å². The van der Waals surface area contributed by atoms with Crippen molar-refractivity contribution in [3.63, 3.8) is 0 Å². The zero-order valence-electron chi connectivity index (χ0n) is 10.1. The number of aliphatic imine (C=N–C) groups is 1. The molecule has 1 atom stereocenters. The summed E-state index contributed by atoms with van der Waals surface area (Å²) in [5.41, 5.74) is 1.48. The van der Waals surface area contributed by atoms with Gasteiger partial charge in [-0.05, 0) is 42.2 Å². The van der Waals surface area contributed by atoms with Crippen molar-refractivity contribution in [3.05, 3.63) is 21.9 Å². The summed E-state index contributed by atoms with van der Waals surface area (Å²) in [6, 6.07) is 2.23. The van der Waals surface area contributed by atoms with Gasteiger partial charge >= 0.3 is 0 Å². The van der Waals surface area contributed by atoms with Crippen molar-refractivity contribution < 1.29 is 0 Å². The average molecular weight is 266 g/mol. The molecule has 1 fully saturated rings. The molecule has 1 saturated carbocycles. The van der Waals surface area contributed by atoms with E-state index < -0.39 is 0 Å². The quantitative estimate of drug-likeness (QED) is 0.904. The maximum Gasteiger partial charge on any atom is 0.157 e. The van der Waals surface area contributed by atoms with Crippen molar-refractivity contribution in [1.82, 2.24) is 5.32 Å². The van der Waals surface area contributed by atoms with Crippen LogP contribution in [0, 0.1) is 5.92 Å². The van der Waals surface area contributed by atoms with Crippen LogP contribution in [0.5, 0.6) is 0 Å². The number of hydrogen-bond donors (Lipinski definition) is 1. The Morgan fingerprint density at radius 3 is 3.12 bits per heavy atom. The van der Waals surface area contributed by atoms with E-state index in [1.54, 1.807) is 0 Å². The highest BCUT2D eigenvalue weighted by molar-refractivity contribution is 8.14. The zero-order chi connectivity index (χ0) is 11.7. The van der Waals surface area contributed by atoms with E-state index in [0.29, 0.717) is 0 Å². The van der Waals surface area contributed by atoms with Crippen LogP contribution in [0.15, 0.2) is 16.4 Å².